The molecule has 0 saturated carbocycles. The lowest BCUT2D eigenvalue weighted by Gasteiger charge is -2.32. The Morgan fingerprint density at radius 3 is 2.69 bits per heavy atom. The predicted octanol–water partition coefficient (Wildman–Crippen LogP) is 2.53. The molecule has 8 nitrogen and oxygen atoms in total. The molecule has 0 saturated heterocycles. The second kappa shape index (κ2) is 7.49. The summed E-state index contributed by atoms with van der Waals surface area (Å²) in [4.78, 5) is 5.04. The molecule has 4 aliphatic rings. The summed E-state index contributed by atoms with van der Waals surface area (Å²) in [6.07, 6.45) is 7.44. The normalized spacial score (nSPS) is 26.8. The molecule has 0 aromatic heterocycles. The summed E-state index contributed by atoms with van der Waals surface area (Å²) >= 11 is 1.84. The number of anilines is 1. The highest BCUT2D eigenvalue weighted by Gasteiger charge is 2.38. The van der Waals surface area contributed by atoms with Gasteiger partial charge in [-0.3, -0.25) is 5.43 Å². The van der Waals surface area contributed by atoms with E-state index in [0.717, 1.165) is 41.0 Å². The summed E-state index contributed by atoms with van der Waals surface area (Å²) in [5.74, 6) is 3.66. The van der Waals surface area contributed by atoms with E-state index in [1.165, 1.54) is 5.57 Å². The minimum atomic E-state index is 0.161. The maximum Gasteiger partial charge on any atom is 0.146 e. The van der Waals surface area contributed by atoms with Gasteiger partial charge in [0.1, 0.15) is 23.2 Å². The molecule has 9 heteroatoms. The number of hydrazone groups is 1. The van der Waals surface area contributed by atoms with Gasteiger partial charge in [-0.25, -0.2) is 10.5 Å². The Morgan fingerprint density at radius 1 is 1.14 bits per heavy atom. The molecule has 3 heterocycles. The van der Waals surface area contributed by atoms with Crippen LogP contribution in [0.3, 0.4) is 0 Å². The Kier molecular flexibility index (Phi) is 4.69. The van der Waals surface area contributed by atoms with Crippen molar-refractivity contribution < 1.29 is 9.47 Å². The number of hydrogen-bond donors (Lipinski definition) is 4. The molecule has 0 bridgehead atoms. The summed E-state index contributed by atoms with van der Waals surface area (Å²) in [6, 6.07) is 5.76. The third-order valence-corrected chi connectivity index (χ3v) is 6.52. The third kappa shape index (κ3) is 3.36. The van der Waals surface area contributed by atoms with Crippen LogP contribution in [0.5, 0.6) is 11.5 Å². The van der Waals surface area contributed by atoms with Crippen LogP contribution in [-0.2, 0) is 0 Å². The zero-order valence-electron chi connectivity index (χ0n) is 16.1. The number of allylic oxidation sites excluding steroid dienone is 2. The summed E-state index contributed by atoms with van der Waals surface area (Å²) in [5.41, 5.74) is 11.9. The van der Waals surface area contributed by atoms with Gasteiger partial charge in [0.2, 0.25) is 0 Å². The zero-order valence-corrected chi connectivity index (χ0v) is 16.9. The highest BCUT2D eigenvalue weighted by molar-refractivity contribution is 8.03. The van der Waals surface area contributed by atoms with Crippen LogP contribution in [0.1, 0.15) is 6.42 Å². The van der Waals surface area contributed by atoms with Crippen molar-refractivity contribution >= 4 is 29.1 Å². The van der Waals surface area contributed by atoms with Crippen LogP contribution in [-0.4, -0.2) is 31.1 Å². The largest absolute Gasteiger partial charge is 0.497 e. The van der Waals surface area contributed by atoms with E-state index in [-0.39, 0.29) is 11.8 Å². The Hall–Kier alpha value is -2.91. The van der Waals surface area contributed by atoms with E-state index < -0.39 is 0 Å². The average molecular weight is 411 g/mol. The second-order valence-electron chi connectivity index (χ2n) is 7.07. The fraction of sp³-hybridized carbons (Fsp3) is 0.300. The van der Waals surface area contributed by atoms with Crippen LogP contribution in [0.4, 0.5) is 5.69 Å². The molecule has 5 rings (SSSR count). The molecule has 3 aliphatic heterocycles. The highest BCUT2D eigenvalue weighted by atomic mass is 32.2. The summed E-state index contributed by atoms with van der Waals surface area (Å²) in [6.45, 7) is 0. The van der Waals surface area contributed by atoms with Crippen LogP contribution in [0.25, 0.3) is 0 Å². The van der Waals surface area contributed by atoms with Gasteiger partial charge in [0.05, 0.1) is 20.1 Å². The molecule has 1 aliphatic carbocycles. The van der Waals surface area contributed by atoms with Crippen LogP contribution < -0.4 is 31.3 Å². The van der Waals surface area contributed by atoms with E-state index in [4.69, 9.17) is 14.5 Å². The molecule has 0 spiro atoms. The number of rotatable bonds is 4. The van der Waals surface area contributed by atoms with Crippen molar-refractivity contribution in [1.82, 2.24) is 16.5 Å². The number of fused-ring (bicyclic) bond motifs is 2. The predicted molar refractivity (Wildman–Crippen MR) is 116 cm³/mol. The molecular weight excluding hydrogens is 388 g/mol. The molecule has 1 aromatic carbocycles. The first kappa shape index (κ1) is 18.1. The number of nitrogens with zero attached hydrogens (tertiary/aromatic N) is 2. The molecule has 0 amide bonds. The van der Waals surface area contributed by atoms with Crippen LogP contribution in [0, 0.1) is 11.8 Å². The first-order valence-electron chi connectivity index (χ1n) is 9.41. The summed E-state index contributed by atoms with van der Waals surface area (Å²) < 4.78 is 10.8. The maximum atomic E-state index is 5.40. The van der Waals surface area contributed by atoms with Gasteiger partial charge >= 0.3 is 0 Å². The lowest BCUT2D eigenvalue weighted by atomic mass is 9.85. The van der Waals surface area contributed by atoms with Crippen molar-refractivity contribution in [1.29, 1.82) is 0 Å². The Labute approximate surface area is 173 Å². The van der Waals surface area contributed by atoms with Crippen molar-refractivity contribution in [3.8, 4) is 11.5 Å². The van der Waals surface area contributed by atoms with E-state index in [2.05, 4.69) is 50.5 Å². The second-order valence-corrected chi connectivity index (χ2v) is 8.12. The number of benzene rings is 1. The third-order valence-electron chi connectivity index (χ3n) is 5.37. The van der Waals surface area contributed by atoms with Gasteiger partial charge in [-0.1, -0.05) is 18.2 Å². The van der Waals surface area contributed by atoms with E-state index in [1.54, 1.807) is 14.2 Å². The molecular formula is C20H22N6O2S. The number of methoxy groups -OCH3 is 2. The van der Waals surface area contributed by atoms with Crippen molar-refractivity contribution in [2.24, 2.45) is 21.9 Å². The number of amidine groups is 2. The van der Waals surface area contributed by atoms with Crippen LogP contribution in [0.15, 0.2) is 63.2 Å². The molecule has 0 fully saturated rings. The molecule has 4 N–H and O–H groups in total. The molecule has 1 aromatic rings. The van der Waals surface area contributed by atoms with Crippen molar-refractivity contribution in [3.63, 3.8) is 0 Å². The quantitative estimate of drug-likeness (QED) is 0.606. The van der Waals surface area contributed by atoms with E-state index in [9.17, 15) is 0 Å². The fourth-order valence-corrected chi connectivity index (χ4v) is 5.09. The van der Waals surface area contributed by atoms with Crippen LogP contribution in [0.2, 0.25) is 0 Å². The lowest BCUT2D eigenvalue weighted by Crippen LogP contribution is -2.39. The van der Waals surface area contributed by atoms with Crippen molar-refractivity contribution in [2.45, 2.75) is 11.7 Å². The monoisotopic (exact) mass is 410 g/mol. The number of aliphatic imine (C=N–C) groups is 1. The lowest BCUT2D eigenvalue weighted by molar-refractivity contribution is 0.395. The first-order valence-corrected chi connectivity index (χ1v) is 10.3. The van der Waals surface area contributed by atoms with E-state index >= 15 is 0 Å². The average Bonchev–Trinajstić information content (AvgIpc) is 3.45. The van der Waals surface area contributed by atoms with E-state index in [0.29, 0.717) is 5.25 Å². The van der Waals surface area contributed by atoms with E-state index in [1.807, 2.05) is 30.0 Å². The minimum Gasteiger partial charge on any atom is -0.497 e. The fourth-order valence-electron chi connectivity index (χ4n) is 3.91. The molecule has 3 unspecified atom stereocenters. The Balaban J connectivity index is 1.46. The number of thioether (sulfide) groups is 1. The van der Waals surface area contributed by atoms with Gasteiger partial charge in [-0.05, 0) is 11.0 Å². The van der Waals surface area contributed by atoms with Gasteiger partial charge in [0.25, 0.3) is 0 Å². The van der Waals surface area contributed by atoms with Gasteiger partial charge < -0.3 is 14.8 Å². The SMILES string of the molecule is COc1cc(NC2=NC3=C(C=CC(C4=NNNN4)C3)C3SC=CC23)cc(OC)c1. The molecule has 150 valence electrons. The van der Waals surface area contributed by atoms with Gasteiger partial charge in [0.15, 0.2) is 0 Å². The minimum absolute atomic E-state index is 0.161. The smallest absolute Gasteiger partial charge is 0.146 e. The van der Waals surface area contributed by atoms with Gasteiger partial charge in [-0.2, -0.15) is 0 Å². The number of nitrogens with one attached hydrogen (secondary N) is 4. The number of ether oxygens (including phenoxy) is 2. The highest BCUT2D eigenvalue weighted by Crippen LogP contribution is 2.44. The summed E-state index contributed by atoms with van der Waals surface area (Å²) in [7, 11) is 3.30. The zero-order chi connectivity index (χ0) is 19.8. The number of hydrazine groups is 2. The Bertz CT molecular complexity index is 961. The molecule has 3 atom stereocenters. The van der Waals surface area contributed by atoms with Crippen molar-refractivity contribution in [2.75, 3.05) is 19.5 Å². The standard InChI is InChI=1S/C20H22N6O2S/c1-27-13-8-12(9-14(10-13)28-2)21-20-16-5-6-29-18(16)15-4-3-11(7-17(15)22-20)19-23-25-26-24-19/h3-6,8-11,16,18,25-26H,7H2,1-2H3,(H,21,22)(H,23,24). The first-order chi connectivity index (χ1) is 14.2. The van der Waals surface area contributed by atoms with Crippen molar-refractivity contribution in [3.05, 3.63) is 53.1 Å². The van der Waals surface area contributed by atoms with Gasteiger partial charge in [0, 0.05) is 47.2 Å². The topological polar surface area (TPSA) is 91.3 Å². The van der Waals surface area contributed by atoms with Gasteiger partial charge in [-0.15, -0.1) is 22.4 Å². The summed E-state index contributed by atoms with van der Waals surface area (Å²) in [5, 5.41) is 10.3. The Morgan fingerprint density at radius 2 is 1.97 bits per heavy atom. The maximum absolute atomic E-state index is 5.40. The number of hydrogen-bond acceptors (Lipinski definition) is 9. The molecule has 0 radical (unpaired) electrons. The molecule has 29 heavy (non-hydrogen) atoms. The van der Waals surface area contributed by atoms with Crippen LogP contribution >= 0.6 is 11.8 Å².